The van der Waals surface area contributed by atoms with Crippen LogP contribution in [0.5, 0.6) is 0 Å². The Labute approximate surface area is 103 Å². The molecule has 0 heterocycles. The molecule has 0 rings (SSSR count). The first-order chi connectivity index (χ1) is 7.85. The van der Waals surface area contributed by atoms with Crippen LogP contribution in [0.2, 0.25) is 0 Å². The standard InChI is InChI=1S/C12H24N2O3/c1-4-12(3,11(16)17)14-10(15)6-5-9(2)7-8-13/h9H,4-8,13H2,1-3H3,(H,14,15)(H,16,17). The van der Waals surface area contributed by atoms with Crippen LogP contribution < -0.4 is 11.1 Å². The molecule has 0 bridgehead atoms. The van der Waals surface area contributed by atoms with Gasteiger partial charge in [-0.15, -0.1) is 0 Å². The van der Waals surface area contributed by atoms with Gasteiger partial charge in [0.15, 0.2) is 0 Å². The predicted octanol–water partition coefficient (Wildman–Crippen LogP) is 1.12. The molecule has 0 aromatic carbocycles. The highest BCUT2D eigenvalue weighted by Gasteiger charge is 2.32. The molecular formula is C12H24N2O3. The lowest BCUT2D eigenvalue weighted by Crippen LogP contribution is -2.51. The summed E-state index contributed by atoms with van der Waals surface area (Å²) in [6, 6.07) is 0. The van der Waals surface area contributed by atoms with E-state index in [0.29, 0.717) is 25.3 Å². The van der Waals surface area contributed by atoms with Gasteiger partial charge >= 0.3 is 5.97 Å². The van der Waals surface area contributed by atoms with Crippen LogP contribution in [-0.4, -0.2) is 29.1 Å². The van der Waals surface area contributed by atoms with Crippen molar-refractivity contribution in [2.45, 2.75) is 52.0 Å². The smallest absolute Gasteiger partial charge is 0.329 e. The lowest BCUT2D eigenvalue weighted by atomic mass is 9.97. The van der Waals surface area contributed by atoms with Gasteiger partial charge in [0.2, 0.25) is 5.91 Å². The molecule has 0 aliphatic carbocycles. The van der Waals surface area contributed by atoms with E-state index in [-0.39, 0.29) is 5.91 Å². The molecule has 4 N–H and O–H groups in total. The number of aliphatic carboxylic acids is 1. The summed E-state index contributed by atoms with van der Waals surface area (Å²) in [6.07, 6.45) is 2.34. The maximum absolute atomic E-state index is 11.6. The van der Waals surface area contributed by atoms with Gasteiger partial charge in [0, 0.05) is 6.42 Å². The molecule has 2 atom stereocenters. The monoisotopic (exact) mass is 244 g/mol. The Hall–Kier alpha value is -1.10. The van der Waals surface area contributed by atoms with E-state index in [1.54, 1.807) is 6.92 Å². The fourth-order valence-electron chi connectivity index (χ4n) is 1.47. The third-order valence-electron chi connectivity index (χ3n) is 3.12. The molecule has 0 aromatic rings. The number of carbonyl (C=O) groups excluding carboxylic acids is 1. The topological polar surface area (TPSA) is 92.4 Å². The number of carbonyl (C=O) groups is 2. The molecule has 2 unspecified atom stereocenters. The van der Waals surface area contributed by atoms with Gasteiger partial charge in [0.05, 0.1) is 0 Å². The summed E-state index contributed by atoms with van der Waals surface area (Å²) in [5.74, 6) is -0.813. The number of amides is 1. The molecule has 0 saturated carbocycles. The van der Waals surface area contributed by atoms with Crippen molar-refractivity contribution in [3.8, 4) is 0 Å². The van der Waals surface area contributed by atoms with E-state index in [0.717, 1.165) is 12.8 Å². The Morgan fingerprint density at radius 2 is 2.00 bits per heavy atom. The van der Waals surface area contributed by atoms with Crippen molar-refractivity contribution in [2.75, 3.05) is 6.54 Å². The van der Waals surface area contributed by atoms with E-state index in [1.165, 1.54) is 6.92 Å². The van der Waals surface area contributed by atoms with Crippen LogP contribution >= 0.6 is 0 Å². The highest BCUT2D eigenvalue weighted by Crippen LogP contribution is 2.12. The molecule has 0 fully saturated rings. The Kier molecular flexibility index (Phi) is 6.80. The van der Waals surface area contributed by atoms with Gasteiger partial charge in [-0.25, -0.2) is 4.79 Å². The minimum Gasteiger partial charge on any atom is -0.480 e. The zero-order valence-corrected chi connectivity index (χ0v) is 11.0. The Bertz CT molecular complexity index is 268. The maximum atomic E-state index is 11.6. The van der Waals surface area contributed by atoms with Crippen LogP contribution in [0.4, 0.5) is 0 Å². The van der Waals surface area contributed by atoms with Crippen molar-refractivity contribution in [2.24, 2.45) is 11.7 Å². The number of carboxylic acid groups (broad SMARTS) is 1. The molecule has 5 heteroatoms. The first-order valence-electron chi connectivity index (χ1n) is 6.10. The number of rotatable bonds is 8. The highest BCUT2D eigenvalue weighted by molar-refractivity contribution is 5.86. The van der Waals surface area contributed by atoms with Crippen LogP contribution in [0, 0.1) is 5.92 Å². The molecule has 0 aromatic heterocycles. The Morgan fingerprint density at radius 3 is 2.41 bits per heavy atom. The number of nitrogens with one attached hydrogen (secondary N) is 1. The largest absolute Gasteiger partial charge is 0.480 e. The second kappa shape index (κ2) is 7.27. The third kappa shape index (κ3) is 5.68. The van der Waals surface area contributed by atoms with E-state index in [1.807, 2.05) is 6.92 Å². The van der Waals surface area contributed by atoms with Crippen LogP contribution in [-0.2, 0) is 9.59 Å². The lowest BCUT2D eigenvalue weighted by Gasteiger charge is -2.24. The van der Waals surface area contributed by atoms with Crippen molar-refractivity contribution in [1.29, 1.82) is 0 Å². The molecule has 17 heavy (non-hydrogen) atoms. The molecule has 1 amide bonds. The van der Waals surface area contributed by atoms with Gasteiger partial charge in [-0.3, -0.25) is 4.79 Å². The number of carboxylic acids is 1. The average molecular weight is 244 g/mol. The minimum atomic E-state index is -1.16. The normalized spacial score (nSPS) is 16.0. The second-order valence-corrected chi connectivity index (χ2v) is 4.76. The molecule has 0 aliphatic rings. The molecule has 0 spiro atoms. The Balaban J connectivity index is 4.13. The molecule has 5 nitrogen and oxygen atoms in total. The van der Waals surface area contributed by atoms with Gasteiger partial charge in [0.25, 0.3) is 0 Å². The second-order valence-electron chi connectivity index (χ2n) is 4.76. The van der Waals surface area contributed by atoms with E-state index >= 15 is 0 Å². The highest BCUT2D eigenvalue weighted by atomic mass is 16.4. The summed E-state index contributed by atoms with van der Waals surface area (Å²) in [6.45, 7) is 5.92. The SMILES string of the molecule is CCC(C)(NC(=O)CCC(C)CCN)C(=O)O. The summed E-state index contributed by atoms with van der Waals surface area (Å²) >= 11 is 0. The van der Waals surface area contributed by atoms with Gasteiger partial charge in [0.1, 0.15) is 5.54 Å². The zero-order valence-electron chi connectivity index (χ0n) is 11.0. The summed E-state index contributed by atoms with van der Waals surface area (Å²) in [7, 11) is 0. The molecule has 0 radical (unpaired) electrons. The number of hydrogen-bond donors (Lipinski definition) is 3. The first-order valence-corrected chi connectivity index (χ1v) is 6.10. The molecular weight excluding hydrogens is 220 g/mol. The minimum absolute atomic E-state index is 0.208. The quantitative estimate of drug-likeness (QED) is 0.596. The van der Waals surface area contributed by atoms with Crippen LogP contribution in [0.3, 0.4) is 0 Å². The van der Waals surface area contributed by atoms with E-state index in [2.05, 4.69) is 5.32 Å². The van der Waals surface area contributed by atoms with Crippen LogP contribution in [0.25, 0.3) is 0 Å². The summed E-state index contributed by atoms with van der Waals surface area (Å²) < 4.78 is 0. The maximum Gasteiger partial charge on any atom is 0.329 e. The van der Waals surface area contributed by atoms with Crippen molar-refractivity contribution in [3.63, 3.8) is 0 Å². The van der Waals surface area contributed by atoms with E-state index < -0.39 is 11.5 Å². The van der Waals surface area contributed by atoms with Crippen LogP contribution in [0.1, 0.15) is 46.5 Å². The average Bonchev–Trinajstić information content (AvgIpc) is 2.26. The van der Waals surface area contributed by atoms with Crippen molar-refractivity contribution in [1.82, 2.24) is 5.32 Å². The predicted molar refractivity (Wildman–Crippen MR) is 66.5 cm³/mol. The van der Waals surface area contributed by atoms with Gasteiger partial charge in [-0.05, 0) is 38.6 Å². The first kappa shape index (κ1) is 15.9. The molecule has 0 saturated heterocycles. The zero-order chi connectivity index (χ0) is 13.5. The van der Waals surface area contributed by atoms with E-state index in [9.17, 15) is 9.59 Å². The van der Waals surface area contributed by atoms with Gasteiger partial charge in [-0.2, -0.15) is 0 Å². The van der Waals surface area contributed by atoms with E-state index in [4.69, 9.17) is 10.8 Å². The third-order valence-corrected chi connectivity index (χ3v) is 3.12. The molecule has 100 valence electrons. The fraction of sp³-hybridized carbons (Fsp3) is 0.833. The fourth-order valence-corrected chi connectivity index (χ4v) is 1.47. The Morgan fingerprint density at radius 1 is 1.41 bits per heavy atom. The number of hydrogen-bond acceptors (Lipinski definition) is 3. The summed E-state index contributed by atoms with van der Waals surface area (Å²) in [5.41, 5.74) is 4.26. The van der Waals surface area contributed by atoms with Gasteiger partial charge in [-0.1, -0.05) is 13.8 Å². The lowest BCUT2D eigenvalue weighted by molar-refractivity contribution is -0.147. The molecule has 0 aliphatic heterocycles. The summed E-state index contributed by atoms with van der Waals surface area (Å²) in [5, 5.41) is 11.6. The summed E-state index contributed by atoms with van der Waals surface area (Å²) in [4.78, 5) is 22.6. The van der Waals surface area contributed by atoms with Crippen molar-refractivity contribution in [3.05, 3.63) is 0 Å². The van der Waals surface area contributed by atoms with Crippen molar-refractivity contribution >= 4 is 11.9 Å². The van der Waals surface area contributed by atoms with Crippen molar-refractivity contribution < 1.29 is 14.7 Å². The van der Waals surface area contributed by atoms with Crippen LogP contribution in [0.15, 0.2) is 0 Å². The number of nitrogens with two attached hydrogens (primary N) is 1. The van der Waals surface area contributed by atoms with Gasteiger partial charge < -0.3 is 16.2 Å².